The lowest BCUT2D eigenvalue weighted by atomic mass is 10.3. The number of rotatable bonds is 4. The van der Waals surface area contributed by atoms with Gasteiger partial charge in [0.25, 0.3) is 10.0 Å². The normalized spacial score (nSPS) is 17.5. The van der Waals surface area contributed by atoms with Crippen LogP contribution in [0.1, 0.15) is 31.2 Å². The molecule has 100 valence electrons. The van der Waals surface area contributed by atoms with Gasteiger partial charge >= 0.3 is 0 Å². The lowest BCUT2D eigenvalue weighted by Crippen LogP contribution is -2.35. The second-order valence-electron chi connectivity index (χ2n) is 4.67. The van der Waals surface area contributed by atoms with Crippen LogP contribution in [-0.4, -0.2) is 30.8 Å². The molecule has 2 N–H and O–H groups in total. The zero-order chi connectivity index (χ0) is 13.2. The van der Waals surface area contributed by atoms with Gasteiger partial charge in [0.15, 0.2) is 5.03 Å². The third-order valence-electron chi connectivity index (χ3n) is 3.52. The molecule has 0 saturated heterocycles. The third-order valence-corrected chi connectivity index (χ3v) is 5.34. The molecular weight excluding hydrogens is 250 g/mol. The van der Waals surface area contributed by atoms with E-state index in [9.17, 15) is 8.42 Å². The van der Waals surface area contributed by atoms with E-state index in [1.54, 1.807) is 13.1 Å². The van der Waals surface area contributed by atoms with Crippen LogP contribution in [-0.2, 0) is 16.6 Å². The van der Waals surface area contributed by atoms with Crippen molar-refractivity contribution >= 4 is 10.0 Å². The summed E-state index contributed by atoms with van der Waals surface area (Å²) in [4.78, 5) is 4.00. The summed E-state index contributed by atoms with van der Waals surface area (Å²) in [6.45, 7) is 0.367. The number of hydrogen-bond acceptors (Lipinski definition) is 4. The van der Waals surface area contributed by atoms with Gasteiger partial charge in [0.1, 0.15) is 0 Å². The van der Waals surface area contributed by atoms with Gasteiger partial charge in [-0.25, -0.2) is 13.4 Å². The molecule has 0 unspecified atom stereocenters. The van der Waals surface area contributed by atoms with Crippen molar-refractivity contribution in [2.45, 2.75) is 43.3 Å². The fourth-order valence-electron chi connectivity index (χ4n) is 2.30. The van der Waals surface area contributed by atoms with E-state index in [0.717, 1.165) is 31.2 Å². The van der Waals surface area contributed by atoms with Gasteiger partial charge in [-0.15, -0.1) is 0 Å². The maximum absolute atomic E-state index is 12.4. The standard InChI is InChI=1S/C12H19N3O2S/c1-15(11-4-2-3-5-11)18(16,17)12-7-6-10(8-13)9-14-12/h6-7,9,11H,2-5,8,13H2,1H3. The molecule has 1 aromatic heterocycles. The molecule has 1 aliphatic rings. The second kappa shape index (κ2) is 5.34. The van der Waals surface area contributed by atoms with Crippen molar-refractivity contribution in [3.63, 3.8) is 0 Å². The fourth-order valence-corrected chi connectivity index (χ4v) is 3.62. The molecule has 0 aliphatic heterocycles. The van der Waals surface area contributed by atoms with Crippen LogP contribution in [0.25, 0.3) is 0 Å². The Balaban J connectivity index is 2.23. The average Bonchev–Trinajstić information content (AvgIpc) is 2.91. The van der Waals surface area contributed by atoms with Gasteiger partial charge in [0.05, 0.1) is 0 Å². The molecule has 1 aromatic rings. The Labute approximate surface area is 108 Å². The largest absolute Gasteiger partial charge is 0.326 e. The van der Waals surface area contributed by atoms with Crippen molar-refractivity contribution in [1.82, 2.24) is 9.29 Å². The molecule has 0 aromatic carbocycles. The molecule has 18 heavy (non-hydrogen) atoms. The minimum absolute atomic E-state index is 0.106. The number of hydrogen-bond donors (Lipinski definition) is 1. The van der Waals surface area contributed by atoms with Gasteiger partial charge in [0, 0.05) is 25.8 Å². The number of nitrogens with two attached hydrogens (primary N) is 1. The van der Waals surface area contributed by atoms with E-state index in [4.69, 9.17) is 5.73 Å². The summed E-state index contributed by atoms with van der Waals surface area (Å²) >= 11 is 0. The van der Waals surface area contributed by atoms with Crippen molar-refractivity contribution in [3.05, 3.63) is 23.9 Å². The van der Waals surface area contributed by atoms with Gasteiger partial charge in [-0.1, -0.05) is 18.9 Å². The molecule has 0 radical (unpaired) electrons. The van der Waals surface area contributed by atoms with E-state index in [0.29, 0.717) is 6.54 Å². The molecule has 1 aliphatic carbocycles. The minimum Gasteiger partial charge on any atom is -0.326 e. The zero-order valence-electron chi connectivity index (χ0n) is 10.5. The molecule has 0 bridgehead atoms. The van der Waals surface area contributed by atoms with Crippen LogP contribution in [0.2, 0.25) is 0 Å². The van der Waals surface area contributed by atoms with E-state index in [2.05, 4.69) is 4.98 Å². The highest BCUT2D eigenvalue weighted by Gasteiger charge is 2.30. The average molecular weight is 269 g/mol. The number of aromatic nitrogens is 1. The quantitative estimate of drug-likeness (QED) is 0.888. The monoisotopic (exact) mass is 269 g/mol. The Bertz CT molecular complexity index is 493. The Morgan fingerprint density at radius 2 is 2.06 bits per heavy atom. The van der Waals surface area contributed by atoms with E-state index in [1.165, 1.54) is 16.6 Å². The topological polar surface area (TPSA) is 76.3 Å². The SMILES string of the molecule is CN(C1CCCC1)S(=O)(=O)c1ccc(CN)cn1. The molecule has 1 heterocycles. The van der Waals surface area contributed by atoms with Crippen molar-refractivity contribution in [3.8, 4) is 0 Å². The summed E-state index contributed by atoms with van der Waals surface area (Å²) in [6.07, 6.45) is 5.61. The molecule has 0 spiro atoms. The maximum Gasteiger partial charge on any atom is 0.260 e. The van der Waals surface area contributed by atoms with Crippen LogP contribution < -0.4 is 5.73 Å². The van der Waals surface area contributed by atoms with Crippen molar-refractivity contribution in [1.29, 1.82) is 0 Å². The summed E-state index contributed by atoms with van der Waals surface area (Å²) in [5.41, 5.74) is 6.30. The number of nitrogens with zero attached hydrogens (tertiary/aromatic N) is 2. The second-order valence-corrected chi connectivity index (χ2v) is 6.61. The van der Waals surface area contributed by atoms with Gasteiger partial charge in [-0.2, -0.15) is 4.31 Å². The Morgan fingerprint density at radius 3 is 2.56 bits per heavy atom. The highest BCUT2D eigenvalue weighted by Crippen LogP contribution is 2.26. The Morgan fingerprint density at radius 1 is 1.39 bits per heavy atom. The first kappa shape index (κ1) is 13.5. The van der Waals surface area contributed by atoms with Crippen molar-refractivity contribution in [2.24, 2.45) is 5.73 Å². The fraction of sp³-hybridized carbons (Fsp3) is 0.583. The van der Waals surface area contributed by atoms with Gasteiger partial charge < -0.3 is 5.73 Å². The predicted molar refractivity (Wildman–Crippen MR) is 69.3 cm³/mol. The molecule has 0 amide bonds. The Kier molecular flexibility index (Phi) is 3.99. The van der Waals surface area contributed by atoms with Crippen LogP contribution >= 0.6 is 0 Å². The van der Waals surface area contributed by atoms with Crippen LogP contribution in [0.3, 0.4) is 0 Å². The van der Waals surface area contributed by atoms with E-state index >= 15 is 0 Å². The lowest BCUT2D eigenvalue weighted by molar-refractivity contribution is 0.371. The highest BCUT2D eigenvalue weighted by atomic mass is 32.2. The molecular formula is C12H19N3O2S. The first-order valence-electron chi connectivity index (χ1n) is 6.18. The summed E-state index contributed by atoms with van der Waals surface area (Å²) in [5, 5.41) is 0.106. The summed E-state index contributed by atoms with van der Waals surface area (Å²) in [7, 11) is -1.82. The summed E-state index contributed by atoms with van der Waals surface area (Å²) in [5.74, 6) is 0. The Hall–Kier alpha value is -0.980. The van der Waals surface area contributed by atoms with Crippen LogP contribution in [0.15, 0.2) is 23.4 Å². The van der Waals surface area contributed by atoms with Crippen LogP contribution in [0.4, 0.5) is 0 Å². The first-order valence-corrected chi connectivity index (χ1v) is 7.62. The van der Waals surface area contributed by atoms with E-state index in [1.807, 2.05) is 0 Å². The van der Waals surface area contributed by atoms with E-state index < -0.39 is 10.0 Å². The predicted octanol–water partition coefficient (Wildman–Crippen LogP) is 1.10. The first-order chi connectivity index (χ1) is 8.55. The molecule has 6 heteroatoms. The van der Waals surface area contributed by atoms with Crippen LogP contribution in [0, 0.1) is 0 Å². The number of sulfonamides is 1. The molecule has 1 fully saturated rings. The lowest BCUT2D eigenvalue weighted by Gasteiger charge is -2.23. The van der Waals surface area contributed by atoms with Gasteiger partial charge in [-0.05, 0) is 24.5 Å². The summed E-state index contributed by atoms with van der Waals surface area (Å²) < 4.78 is 26.2. The van der Waals surface area contributed by atoms with Crippen LogP contribution in [0.5, 0.6) is 0 Å². The summed E-state index contributed by atoms with van der Waals surface area (Å²) in [6, 6.07) is 3.36. The molecule has 2 rings (SSSR count). The minimum atomic E-state index is -3.47. The molecule has 5 nitrogen and oxygen atoms in total. The van der Waals surface area contributed by atoms with Crippen molar-refractivity contribution in [2.75, 3.05) is 7.05 Å². The third kappa shape index (κ3) is 2.55. The maximum atomic E-state index is 12.4. The van der Waals surface area contributed by atoms with Crippen molar-refractivity contribution < 1.29 is 8.42 Å². The smallest absolute Gasteiger partial charge is 0.260 e. The highest BCUT2D eigenvalue weighted by molar-refractivity contribution is 7.89. The zero-order valence-corrected chi connectivity index (χ0v) is 11.4. The van der Waals surface area contributed by atoms with Gasteiger partial charge in [-0.3, -0.25) is 0 Å². The molecule has 1 saturated carbocycles. The molecule has 0 atom stereocenters. The number of pyridine rings is 1. The van der Waals surface area contributed by atoms with Gasteiger partial charge in [0.2, 0.25) is 0 Å². The van der Waals surface area contributed by atoms with E-state index in [-0.39, 0.29) is 11.1 Å².